The molecule has 4 rings (SSSR count). The number of methoxy groups -OCH3 is 1. The molecule has 0 aliphatic carbocycles. The number of hydroxylamine groups is 2. The monoisotopic (exact) mass is 722 g/mol. The molecule has 2 aromatic carbocycles. The number of hydrogen-bond donors (Lipinski definition) is 3. The molecule has 0 saturated heterocycles. The van der Waals surface area contributed by atoms with Gasteiger partial charge in [-0.1, -0.05) is 41.9 Å². The number of carboxylic acid groups (broad SMARTS) is 1. The highest BCUT2D eigenvalue weighted by molar-refractivity contribution is 8.04. The molecule has 2 unspecified atom stereocenters. The third kappa shape index (κ3) is 7.48. The fourth-order valence-corrected chi connectivity index (χ4v) is 9.44. The number of benzene rings is 2. The number of hydrogen-bond acceptors (Lipinski definition) is 12. The summed E-state index contributed by atoms with van der Waals surface area (Å²) in [6.45, 7) is 1.53. The van der Waals surface area contributed by atoms with Gasteiger partial charge >= 0.3 is 11.9 Å². The molecule has 0 saturated carbocycles. The number of rotatable bonds is 13. The van der Waals surface area contributed by atoms with Crippen molar-refractivity contribution in [2.24, 2.45) is 0 Å². The summed E-state index contributed by atoms with van der Waals surface area (Å²) in [5.74, 6) is -1.96. The number of carboxylic acids is 1. The van der Waals surface area contributed by atoms with Gasteiger partial charge in [0, 0.05) is 16.1 Å². The van der Waals surface area contributed by atoms with Crippen molar-refractivity contribution >= 4 is 78.3 Å². The Hall–Kier alpha value is -2.90. The molecule has 0 amide bonds. The van der Waals surface area contributed by atoms with Crippen LogP contribution in [0.15, 0.2) is 75.1 Å². The van der Waals surface area contributed by atoms with Gasteiger partial charge in [-0.05, 0) is 48.9 Å². The average molecular weight is 724 g/mol. The van der Waals surface area contributed by atoms with Crippen LogP contribution < -0.4 is 14.2 Å². The van der Waals surface area contributed by atoms with E-state index in [2.05, 4.69) is 14.4 Å². The molecule has 3 aromatic rings. The van der Waals surface area contributed by atoms with Gasteiger partial charge < -0.3 is 14.7 Å². The van der Waals surface area contributed by atoms with Crippen molar-refractivity contribution in [2.45, 2.75) is 40.6 Å². The van der Waals surface area contributed by atoms with Crippen LogP contribution in [0.5, 0.6) is 5.75 Å². The van der Waals surface area contributed by atoms with E-state index in [1.807, 2.05) is 0 Å². The quantitative estimate of drug-likeness (QED) is 0.230. The Kier molecular flexibility index (Phi) is 10.5. The van der Waals surface area contributed by atoms with Crippen LogP contribution in [0.1, 0.15) is 24.6 Å². The minimum Gasteiger partial charge on any atom is -0.497 e. The largest absolute Gasteiger partial charge is 0.497 e. The lowest BCUT2D eigenvalue weighted by Gasteiger charge is -2.32. The van der Waals surface area contributed by atoms with Crippen LogP contribution in [0.4, 0.5) is 0 Å². The standard InChI is InChI=1S/C25H24Cl2N4O9S4/c1-3-25(21-12-28-14-41-21,30-44(37,38)20-10-15(26)4-9-19(20)27)23(34)40-31-13-17(11-22(32)33)42-24(31)29-43(35,36)18-7-5-16(39-2)6-8-18/h4-10,12-14,24,29-30H,3,11H2,1-2H3,(H,32,33). The van der Waals surface area contributed by atoms with E-state index in [1.54, 1.807) is 0 Å². The zero-order valence-electron chi connectivity index (χ0n) is 22.8. The van der Waals surface area contributed by atoms with E-state index < -0.39 is 54.3 Å². The van der Waals surface area contributed by atoms with E-state index in [9.17, 15) is 31.5 Å². The van der Waals surface area contributed by atoms with E-state index in [0.29, 0.717) is 5.75 Å². The van der Waals surface area contributed by atoms with Crippen molar-refractivity contribution in [3.05, 3.63) is 80.2 Å². The Bertz CT molecular complexity index is 1790. The summed E-state index contributed by atoms with van der Waals surface area (Å²) in [6.07, 6.45) is 1.74. The van der Waals surface area contributed by atoms with Crippen LogP contribution in [-0.2, 0) is 40.0 Å². The van der Waals surface area contributed by atoms with Gasteiger partial charge in [0.05, 0.1) is 40.0 Å². The van der Waals surface area contributed by atoms with Crippen LogP contribution in [0.3, 0.4) is 0 Å². The molecule has 0 radical (unpaired) electrons. The highest BCUT2D eigenvalue weighted by atomic mass is 35.5. The predicted molar refractivity (Wildman–Crippen MR) is 164 cm³/mol. The van der Waals surface area contributed by atoms with Gasteiger partial charge in [-0.2, -0.15) is 14.5 Å². The maximum absolute atomic E-state index is 14.0. The minimum absolute atomic E-state index is 0.0782. The molecule has 13 nitrogen and oxygen atoms in total. The van der Waals surface area contributed by atoms with Gasteiger partial charge in [-0.3, -0.25) is 9.78 Å². The maximum Gasteiger partial charge on any atom is 0.358 e. The second-order valence-corrected chi connectivity index (χ2v) is 15.3. The van der Waals surface area contributed by atoms with Crippen LogP contribution in [0.25, 0.3) is 0 Å². The summed E-state index contributed by atoms with van der Waals surface area (Å²) < 4.78 is 63.4. The zero-order valence-corrected chi connectivity index (χ0v) is 27.5. The van der Waals surface area contributed by atoms with E-state index in [0.717, 1.165) is 40.4 Å². The first-order valence-electron chi connectivity index (χ1n) is 12.3. The van der Waals surface area contributed by atoms with Crippen molar-refractivity contribution in [3.8, 4) is 5.75 Å². The number of carbonyl (C=O) groups is 2. The van der Waals surface area contributed by atoms with Gasteiger partial charge in [0.15, 0.2) is 11.0 Å². The fraction of sp³-hybridized carbons (Fsp3) is 0.240. The molecule has 19 heteroatoms. The number of aliphatic carboxylic acids is 1. The third-order valence-electron chi connectivity index (χ3n) is 6.13. The Morgan fingerprint density at radius 1 is 1.11 bits per heavy atom. The lowest BCUT2D eigenvalue weighted by Crippen LogP contribution is -2.54. The lowest BCUT2D eigenvalue weighted by molar-refractivity contribution is -0.189. The van der Waals surface area contributed by atoms with Crippen LogP contribution >= 0.6 is 46.3 Å². The number of nitrogens with one attached hydrogen (secondary N) is 2. The third-order valence-corrected chi connectivity index (χ3v) is 12.0. The normalized spacial score (nSPS) is 16.7. The number of ether oxygens (including phenoxy) is 1. The second-order valence-electron chi connectivity index (χ2n) is 8.98. The summed E-state index contributed by atoms with van der Waals surface area (Å²) in [7, 11) is -7.34. The molecule has 0 fully saturated rings. The van der Waals surface area contributed by atoms with Crippen LogP contribution in [-0.4, -0.2) is 56.5 Å². The summed E-state index contributed by atoms with van der Waals surface area (Å²) >= 11 is 13.9. The number of aromatic nitrogens is 1. The number of sulfonamides is 2. The number of nitrogens with zero attached hydrogens (tertiary/aromatic N) is 2. The molecule has 1 aliphatic heterocycles. The summed E-state index contributed by atoms with van der Waals surface area (Å²) in [5.41, 5.74) is -2.04. The Morgan fingerprint density at radius 2 is 1.82 bits per heavy atom. The zero-order chi connectivity index (χ0) is 32.3. The fourth-order valence-electron chi connectivity index (χ4n) is 3.93. The molecule has 2 heterocycles. The maximum atomic E-state index is 14.0. The van der Waals surface area contributed by atoms with Crippen LogP contribution in [0, 0.1) is 0 Å². The molecule has 44 heavy (non-hydrogen) atoms. The molecular weight excluding hydrogens is 699 g/mol. The molecular formula is C25H24Cl2N4O9S4. The Morgan fingerprint density at radius 3 is 2.41 bits per heavy atom. The molecule has 236 valence electrons. The van der Waals surface area contributed by atoms with Crippen molar-refractivity contribution in [1.29, 1.82) is 0 Å². The molecule has 2 atom stereocenters. The van der Waals surface area contributed by atoms with Gasteiger partial charge in [0.25, 0.3) is 0 Å². The number of carbonyl (C=O) groups excluding carboxylic acids is 1. The number of thioether (sulfide) groups is 1. The topological polar surface area (TPSA) is 181 Å². The molecule has 1 aromatic heterocycles. The van der Waals surface area contributed by atoms with Crippen molar-refractivity contribution in [2.75, 3.05) is 7.11 Å². The first-order chi connectivity index (χ1) is 20.7. The van der Waals surface area contributed by atoms with Crippen molar-refractivity contribution < 1.29 is 41.1 Å². The Balaban J connectivity index is 1.69. The predicted octanol–water partition coefficient (Wildman–Crippen LogP) is 4.13. The Labute approximate surface area is 271 Å². The van der Waals surface area contributed by atoms with Gasteiger partial charge in [0.1, 0.15) is 10.6 Å². The van der Waals surface area contributed by atoms with Gasteiger partial charge in [0.2, 0.25) is 20.0 Å². The van der Waals surface area contributed by atoms with E-state index in [1.165, 1.54) is 62.1 Å². The summed E-state index contributed by atoms with van der Waals surface area (Å²) in [6, 6.07) is 9.26. The van der Waals surface area contributed by atoms with Gasteiger partial charge in [-0.25, -0.2) is 21.6 Å². The van der Waals surface area contributed by atoms with E-state index in [-0.39, 0.29) is 31.1 Å². The first-order valence-corrected chi connectivity index (χ1v) is 17.8. The first kappa shape index (κ1) is 34.0. The molecule has 0 bridgehead atoms. The summed E-state index contributed by atoms with van der Waals surface area (Å²) in [4.78, 5) is 34.8. The van der Waals surface area contributed by atoms with Crippen LogP contribution in [0.2, 0.25) is 10.0 Å². The highest BCUT2D eigenvalue weighted by Crippen LogP contribution is 2.38. The van der Waals surface area contributed by atoms with E-state index >= 15 is 0 Å². The van der Waals surface area contributed by atoms with Crippen molar-refractivity contribution in [3.63, 3.8) is 0 Å². The minimum atomic E-state index is -4.53. The van der Waals surface area contributed by atoms with Crippen molar-refractivity contribution in [1.82, 2.24) is 19.5 Å². The number of halogens is 2. The van der Waals surface area contributed by atoms with Gasteiger partial charge in [-0.15, -0.1) is 11.3 Å². The smallest absolute Gasteiger partial charge is 0.358 e. The number of thiazole rings is 1. The molecule has 3 N–H and O–H groups in total. The summed E-state index contributed by atoms with van der Waals surface area (Å²) in [5, 5.41) is 10.1. The molecule has 0 spiro atoms. The SMILES string of the molecule is CCC(NS(=O)(=O)c1cc(Cl)ccc1Cl)(C(=O)ON1C=C(CC(=O)O)SC1NS(=O)(=O)c1ccc(OC)cc1)c1cncs1. The molecule has 1 aliphatic rings. The highest BCUT2D eigenvalue weighted by Gasteiger charge is 2.48. The lowest BCUT2D eigenvalue weighted by atomic mass is 9.96. The second kappa shape index (κ2) is 13.6. The van der Waals surface area contributed by atoms with E-state index in [4.69, 9.17) is 32.8 Å². The average Bonchev–Trinajstić information content (AvgIpc) is 3.63.